The zero-order chi connectivity index (χ0) is 18.6. The third-order valence-electron chi connectivity index (χ3n) is 5.77. The zero-order valence-corrected chi connectivity index (χ0v) is 15.7. The van der Waals surface area contributed by atoms with Gasteiger partial charge in [-0.05, 0) is 68.4 Å². The predicted molar refractivity (Wildman–Crippen MR) is 100 cm³/mol. The minimum absolute atomic E-state index is 0.00243. The van der Waals surface area contributed by atoms with Crippen LogP contribution in [0.5, 0.6) is 0 Å². The van der Waals surface area contributed by atoms with Crippen molar-refractivity contribution >= 4 is 16.0 Å². The summed E-state index contributed by atoms with van der Waals surface area (Å²) in [5, 5.41) is 8.66. The third kappa shape index (κ3) is 4.54. The summed E-state index contributed by atoms with van der Waals surface area (Å²) in [5.41, 5.74) is 0. The highest BCUT2D eigenvalue weighted by atomic mass is 32.2. The molecular formula is C20H27NO4S. The molecule has 5 nitrogen and oxygen atoms in total. The van der Waals surface area contributed by atoms with Gasteiger partial charge in [0.2, 0.25) is 10.0 Å². The lowest BCUT2D eigenvalue weighted by Crippen LogP contribution is -2.43. The second kappa shape index (κ2) is 8.35. The van der Waals surface area contributed by atoms with Gasteiger partial charge in [-0.25, -0.2) is 13.1 Å². The fourth-order valence-corrected chi connectivity index (χ4v) is 5.90. The monoisotopic (exact) mass is 377 g/mol. The van der Waals surface area contributed by atoms with Crippen LogP contribution in [0, 0.1) is 17.8 Å². The Kier molecular flexibility index (Phi) is 6.14. The number of hydrogen-bond acceptors (Lipinski definition) is 3. The third-order valence-corrected chi connectivity index (χ3v) is 7.24. The first kappa shape index (κ1) is 19.1. The van der Waals surface area contributed by atoms with Crippen molar-refractivity contribution in [3.63, 3.8) is 0 Å². The number of benzene rings is 1. The van der Waals surface area contributed by atoms with E-state index < -0.39 is 16.0 Å². The number of carbonyl (C=O) groups is 1. The highest BCUT2D eigenvalue weighted by Gasteiger charge is 2.48. The van der Waals surface area contributed by atoms with Crippen LogP contribution in [0.1, 0.15) is 44.9 Å². The molecule has 142 valence electrons. The maximum Gasteiger partial charge on any atom is 0.303 e. The number of carboxylic acids is 1. The maximum absolute atomic E-state index is 12.7. The second-order valence-corrected chi connectivity index (χ2v) is 9.16. The summed E-state index contributed by atoms with van der Waals surface area (Å²) >= 11 is 0. The quantitative estimate of drug-likeness (QED) is 0.509. The smallest absolute Gasteiger partial charge is 0.303 e. The van der Waals surface area contributed by atoms with E-state index in [0.29, 0.717) is 29.1 Å². The van der Waals surface area contributed by atoms with Gasteiger partial charge in [-0.15, -0.1) is 0 Å². The summed E-state index contributed by atoms with van der Waals surface area (Å²) in [6.07, 6.45) is 10.00. The average molecular weight is 378 g/mol. The number of nitrogens with one attached hydrogen (secondary N) is 1. The first-order valence-electron chi connectivity index (χ1n) is 9.41. The molecule has 1 aromatic carbocycles. The molecule has 0 unspecified atom stereocenters. The van der Waals surface area contributed by atoms with E-state index in [2.05, 4.69) is 10.8 Å². The van der Waals surface area contributed by atoms with Crippen molar-refractivity contribution in [1.29, 1.82) is 0 Å². The van der Waals surface area contributed by atoms with Crippen LogP contribution in [0.25, 0.3) is 0 Å². The van der Waals surface area contributed by atoms with Crippen molar-refractivity contribution in [2.75, 3.05) is 0 Å². The average Bonchev–Trinajstić information content (AvgIpc) is 3.20. The molecule has 2 aliphatic rings. The molecule has 0 amide bonds. The molecule has 3 rings (SSSR count). The van der Waals surface area contributed by atoms with Crippen LogP contribution in [0.4, 0.5) is 0 Å². The number of unbranched alkanes of at least 4 members (excludes halogenated alkanes) is 1. The lowest BCUT2D eigenvalue weighted by molar-refractivity contribution is -0.137. The molecule has 2 saturated carbocycles. The molecule has 26 heavy (non-hydrogen) atoms. The van der Waals surface area contributed by atoms with E-state index >= 15 is 0 Å². The Bertz CT molecular complexity index is 744. The molecule has 0 spiro atoms. The van der Waals surface area contributed by atoms with Gasteiger partial charge in [-0.1, -0.05) is 30.4 Å². The van der Waals surface area contributed by atoms with Gasteiger partial charge in [0, 0.05) is 12.5 Å². The fourth-order valence-electron chi connectivity index (χ4n) is 4.52. The number of carboxylic acid groups (broad SMARTS) is 1. The van der Waals surface area contributed by atoms with Crippen molar-refractivity contribution in [2.24, 2.45) is 17.8 Å². The van der Waals surface area contributed by atoms with E-state index in [1.54, 1.807) is 24.3 Å². The molecule has 4 atom stereocenters. The van der Waals surface area contributed by atoms with Gasteiger partial charge in [-0.2, -0.15) is 0 Å². The zero-order valence-electron chi connectivity index (χ0n) is 14.9. The van der Waals surface area contributed by atoms with E-state index in [1.807, 2.05) is 12.1 Å². The highest BCUT2D eigenvalue weighted by Crippen LogP contribution is 2.50. The molecule has 0 aliphatic heterocycles. The van der Waals surface area contributed by atoms with Crippen LogP contribution in [0.2, 0.25) is 0 Å². The van der Waals surface area contributed by atoms with Crippen LogP contribution < -0.4 is 4.72 Å². The SMILES string of the molecule is O=C(O)CCCC=CC[C@H]1[C@@H]2CC[C@@H](C2)[C@@H]1NS(=O)(=O)c1ccccc1. The Morgan fingerprint density at radius 1 is 1.15 bits per heavy atom. The molecule has 0 saturated heterocycles. The second-order valence-electron chi connectivity index (χ2n) is 7.45. The van der Waals surface area contributed by atoms with Crippen molar-refractivity contribution in [3.8, 4) is 0 Å². The summed E-state index contributed by atoms with van der Waals surface area (Å²) in [6, 6.07) is 8.57. The summed E-state index contributed by atoms with van der Waals surface area (Å²) in [6.45, 7) is 0. The van der Waals surface area contributed by atoms with Crippen molar-refractivity contribution in [1.82, 2.24) is 4.72 Å². The van der Waals surface area contributed by atoms with Crippen LogP contribution >= 0.6 is 0 Å². The van der Waals surface area contributed by atoms with Crippen molar-refractivity contribution in [2.45, 2.75) is 55.9 Å². The van der Waals surface area contributed by atoms with Crippen molar-refractivity contribution < 1.29 is 18.3 Å². The Morgan fingerprint density at radius 2 is 1.88 bits per heavy atom. The molecule has 6 heteroatoms. The van der Waals surface area contributed by atoms with Crippen molar-refractivity contribution in [3.05, 3.63) is 42.5 Å². The molecule has 2 bridgehead atoms. The van der Waals surface area contributed by atoms with Gasteiger partial charge in [0.1, 0.15) is 0 Å². The minimum atomic E-state index is -3.49. The normalized spacial score (nSPS) is 28.0. The van der Waals surface area contributed by atoms with E-state index in [9.17, 15) is 13.2 Å². The Balaban J connectivity index is 1.60. The topological polar surface area (TPSA) is 83.5 Å². The van der Waals surface area contributed by atoms with Gasteiger partial charge in [-0.3, -0.25) is 4.79 Å². The van der Waals surface area contributed by atoms with Gasteiger partial charge in [0.25, 0.3) is 0 Å². The van der Waals surface area contributed by atoms with E-state index in [0.717, 1.165) is 25.7 Å². The van der Waals surface area contributed by atoms with Crippen LogP contribution in [0.3, 0.4) is 0 Å². The number of rotatable bonds is 9. The van der Waals surface area contributed by atoms with Crippen LogP contribution in [-0.2, 0) is 14.8 Å². The summed E-state index contributed by atoms with van der Waals surface area (Å²) in [5.74, 6) is 0.598. The lowest BCUT2D eigenvalue weighted by atomic mass is 9.83. The van der Waals surface area contributed by atoms with E-state index in [4.69, 9.17) is 5.11 Å². The summed E-state index contributed by atoms with van der Waals surface area (Å²) in [4.78, 5) is 10.9. The molecule has 2 fully saturated rings. The molecule has 2 aliphatic carbocycles. The first-order valence-corrected chi connectivity index (χ1v) is 10.9. The van der Waals surface area contributed by atoms with Gasteiger partial charge < -0.3 is 5.11 Å². The van der Waals surface area contributed by atoms with Crippen LogP contribution in [0.15, 0.2) is 47.4 Å². The molecule has 2 N–H and O–H groups in total. The van der Waals surface area contributed by atoms with Gasteiger partial charge >= 0.3 is 5.97 Å². The Morgan fingerprint density at radius 3 is 2.62 bits per heavy atom. The van der Waals surface area contributed by atoms with Crippen LogP contribution in [-0.4, -0.2) is 25.5 Å². The minimum Gasteiger partial charge on any atom is -0.481 e. The largest absolute Gasteiger partial charge is 0.481 e. The number of aliphatic carboxylic acids is 1. The molecule has 0 radical (unpaired) electrons. The lowest BCUT2D eigenvalue weighted by Gasteiger charge is -2.31. The maximum atomic E-state index is 12.7. The standard InChI is InChI=1S/C20H27NO4S/c22-19(23)11-7-2-1-6-10-18-15-12-13-16(14-15)20(18)21-26(24,25)17-8-4-3-5-9-17/h1,3-6,8-9,15-16,18,20-21H,2,7,10-14H2,(H,22,23)/t15-,16+,18+,20+/m1/s1. The predicted octanol–water partition coefficient (Wildman–Crippen LogP) is 3.58. The molecule has 0 heterocycles. The number of allylic oxidation sites excluding steroid dienone is 2. The molecule has 1 aromatic rings. The van der Waals surface area contributed by atoms with Gasteiger partial charge in [0.05, 0.1) is 4.90 Å². The first-order chi connectivity index (χ1) is 12.5. The summed E-state index contributed by atoms with van der Waals surface area (Å²) < 4.78 is 28.4. The van der Waals surface area contributed by atoms with Gasteiger partial charge in [0.15, 0.2) is 0 Å². The Hall–Kier alpha value is -1.66. The molecular weight excluding hydrogens is 350 g/mol. The molecule has 0 aromatic heterocycles. The van der Waals surface area contributed by atoms with E-state index in [1.165, 1.54) is 6.42 Å². The number of fused-ring (bicyclic) bond motifs is 2. The van der Waals surface area contributed by atoms with E-state index in [-0.39, 0.29) is 12.5 Å². The highest BCUT2D eigenvalue weighted by molar-refractivity contribution is 7.89. The fraction of sp³-hybridized carbons (Fsp3) is 0.550. The summed E-state index contributed by atoms with van der Waals surface area (Å²) in [7, 11) is -3.49. The number of sulfonamides is 1. The number of hydrogen-bond donors (Lipinski definition) is 2. The Labute approximate surface area is 155 Å².